The van der Waals surface area contributed by atoms with Crippen molar-refractivity contribution < 1.29 is 4.74 Å². The minimum atomic E-state index is 0.211. The predicted molar refractivity (Wildman–Crippen MR) is 49.8 cm³/mol. The maximum absolute atomic E-state index is 8.61. The Hall–Kier alpha value is -1.67. The molecule has 0 aromatic carbocycles. The molecule has 0 radical (unpaired) electrons. The summed E-state index contributed by atoms with van der Waals surface area (Å²) in [7, 11) is 1.70. The molecule has 0 unspecified atom stereocenters. The summed E-state index contributed by atoms with van der Waals surface area (Å²) < 4.78 is 5.14. The lowest BCUT2D eigenvalue weighted by molar-refractivity contribution is 0.0783. The minimum Gasteiger partial charge on any atom is -0.378 e. The second kappa shape index (κ2) is 3.60. The van der Waals surface area contributed by atoms with Gasteiger partial charge in [0.25, 0.3) is 0 Å². The molecule has 1 aliphatic rings. The molecular formula is C9H10N4O. The van der Waals surface area contributed by atoms with Crippen LogP contribution < -0.4 is 4.90 Å². The zero-order valence-electron chi connectivity index (χ0n) is 7.84. The van der Waals surface area contributed by atoms with Crippen LogP contribution >= 0.6 is 0 Å². The number of ether oxygens (including phenoxy) is 1. The van der Waals surface area contributed by atoms with Crippen LogP contribution in [0.2, 0.25) is 0 Å². The number of rotatable bonds is 2. The molecule has 1 saturated heterocycles. The lowest BCUT2D eigenvalue weighted by Gasteiger charge is -2.38. The van der Waals surface area contributed by atoms with E-state index in [1.807, 2.05) is 6.07 Å². The molecule has 1 aromatic rings. The van der Waals surface area contributed by atoms with Crippen LogP contribution in [0.3, 0.4) is 0 Å². The van der Waals surface area contributed by atoms with E-state index >= 15 is 0 Å². The molecule has 0 saturated carbocycles. The van der Waals surface area contributed by atoms with E-state index in [1.54, 1.807) is 19.4 Å². The highest BCUT2D eigenvalue weighted by atomic mass is 16.5. The van der Waals surface area contributed by atoms with Crippen LogP contribution in [0.5, 0.6) is 0 Å². The number of hydrogen-bond acceptors (Lipinski definition) is 5. The van der Waals surface area contributed by atoms with Gasteiger partial charge in [-0.3, -0.25) is 0 Å². The molecule has 1 aliphatic heterocycles. The molecule has 2 heterocycles. The fraction of sp³-hybridized carbons (Fsp3) is 0.444. The molecule has 0 N–H and O–H groups in total. The SMILES string of the molecule is COC1CN(c2ccnc(C#N)n2)C1. The molecule has 1 aromatic heterocycles. The highest BCUT2D eigenvalue weighted by molar-refractivity contribution is 5.42. The zero-order chi connectivity index (χ0) is 9.97. The van der Waals surface area contributed by atoms with Crippen molar-refractivity contribution in [2.24, 2.45) is 0 Å². The first-order valence-corrected chi connectivity index (χ1v) is 4.34. The average Bonchev–Trinajstić information content (AvgIpc) is 2.17. The molecule has 5 nitrogen and oxygen atoms in total. The topological polar surface area (TPSA) is 62.0 Å². The van der Waals surface area contributed by atoms with Crippen molar-refractivity contribution in [1.29, 1.82) is 5.26 Å². The lowest BCUT2D eigenvalue weighted by Crippen LogP contribution is -2.52. The standard InChI is InChI=1S/C9H10N4O/c1-14-7-5-13(6-7)9-2-3-11-8(4-10)12-9/h2-3,7H,5-6H2,1H3. The fourth-order valence-corrected chi connectivity index (χ4v) is 1.35. The Kier molecular flexibility index (Phi) is 2.29. The number of aromatic nitrogens is 2. The summed E-state index contributed by atoms with van der Waals surface area (Å²) in [4.78, 5) is 9.94. The van der Waals surface area contributed by atoms with E-state index in [0.29, 0.717) is 0 Å². The van der Waals surface area contributed by atoms with Gasteiger partial charge in [0.05, 0.1) is 6.10 Å². The maximum atomic E-state index is 8.61. The Labute approximate surface area is 82.0 Å². The van der Waals surface area contributed by atoms with Gasteiger partial charge < -0.3 is 9.64 Å². The van der Waals surface area contributed by atoms with E-state index in [0.717, 1.165) is 18.9 Å². The van der Waals surface area contributed by atoms with Crippen molar-refractivity contribution in [1.82, 2.24) is 9.97 Å². The first-order chi connectivity index (χ1) is 6.83. The Bertz CT molecular complexity index is 367. The van der Waals surface area contributed by atoms with Gasteiger partial charge in [0.1, 0.15) is 11.9 Å². The second-order valence-electron chi connectivity index (χ2n) is 3.11. The van der Waals surface area contributed by atoms with Gasteiger partial charge in [-0.1, -0.05) is 0 Å². The van der Waals surface area contributed by atoms with Crippen LogP contribution in [-0.2, 0) is 4.74 Å². The Morgan fingerprint density at radius 3 is 3.07 bits per heavy atom. The van der Waals surface area contributed by atoms with Crippen LogP contribution in [0.15, 0.2) is 12.3 Å². The molecule has 5 heteroatoms. The van der Waals surface area contributed by atoms with E-state index < -0.39 is 0 Å². The Morgan fingerprint density at radius 2 is 2.43 bits per heavy atom. The van der Waals surface area contributed by atoms with E-state index in [2.05, 4.69) is 14.9 Å². The first kappa shape index (κ1) is 8.91. The normalized spacial score (nSPS) is 16.1. The van der Waals surface area contributed by atoms with Gasteiger partial charge in [0.2, 0.25) is 5.82 Å². The van der Waals surface area contributed by atoms with E-state index in [9.17, 15) is 0 Å². The third-order valence-corrected chi connectivity index (χ3v) is 2.25. The molecule has 0 aliphatic carbocycles. The van der Waals surface area contributed by atoms with Crippen molar-refractivity contribution >= 4 is 5.82 Å². The van der Waals surface area contributed by atoms with Gasteiger partial charge in [0, 0.05) is 26.4 Å². The molecule has 0 spiro atoms. The van der Waals surface area contributed by atoms with Crippen molar-refractivity contribution in [2.75, 3.05) is 25.1 Å². The lowest BCUT2D eigenvalue weighted by atomic mass is 10.2. The maximum Gasteiger partial charge on any atom is 0.234 e. The second-order valence-corrected chi connectivity index (χ2v) is 3.11. The van der Waals surface area contributed by atoms with Gasteiger partial charge in [0.15, 0.2) is 0 Å². The quantitative estimate of drug-likeness (QED) is 0.665. The highest BCUT2D eigenvalue weighted by Gasteiger charge is 2.27. The predicted octanol–water partition coefficient (Wildman–Crippen LogP) is 0.183. The van der Waals surface area contributed by atoms with Crippen molar-refractivity contribution in [2.45, 2.75) is 6.10 Å². The number of nitriles is 1. The summed E-state index contributed by atoms with van der Waals surface area (Å²) in [6.45, 7) is 1.66. The molecular weight excluding hydrogens is 180 g/mol. The van der Waals surface area contributed by atoms with Crippen molar-refractivity contribution in [3.8, 4) is 6.07 Å². The van der Waals surface area contributed by atoms with E-state index in [1.165, 1.54) is 0 Å². The van der Waals surface area contributed by atoms with Crippen LogP contribution in [0.1, 0.15) is 5.82 Å². The Balaban J connectivity index is 2.08. The summed E-state index contributed by atoms with van der Waals surface area (Å²) in [6, 6.07) is 3.71. The monoisotopic (exact) mass is 190 g/mol. The third kappa shape index (κ3) is 1.52. The van der Waals surface area contributed by atoms with Crippen LogP contribution in [0.25, 0.3) is 0 Å². The fourth-order valence-electron chi connectivity index (χ4n) is 1.35. The number of methoxy groups -OCH3 is 1. The summed E-state index contributed by atoms with van der Waals surface area (Å²) >= 11 is 0. The largest absolute Gasteiger partial charge is 0.378 e. The summed E-state index contributed by atoms with van der Waals surface area (Å²) in [5.41, 5.74) is 0. The van der Waals surface area contributed by atoms with Gasteiger partial charge in [-0.15, -0.1) is 0 Å². The van der Waals surface area contributed by atoms with Crippen LogP contribution in [0, 0.1) is 11.3 Å². The number of nitrogens with zero attached hydrogens (tertiary/aromatic N) is 4. The van der Waals surface area contributed by atoms with Gasteiger partial charge in [-0.25, -0.2) is 9.97 Å². The molecule has 72 valence electrons. The number of hydrogen-bond donors (Lipinski definition) is 0. The van der Waals surface area contributed by atoms with Gasteiger partial charge in [-0.05, 0) is 6.07 Å². The van der Waals surface area contributed by atoms with E-state index in [4.69, 9.17) is 10.00 Å². The van der Waals surface area contributed by atoms with Crippen LogP contribution in [0.4, 0.5) is 5.82 Å². The zero-order valence-corrected chi connectivity index (χ0v) is 7.84. The molecule has 14 heavy (non-hydrogen) atoms. The van der Waals surface area contributed by atoms with Crippen molar-refractivity contribution in [3.05, 3.63) is 18.1 Å². The third-order valence-electron chi connectivity index (χ3n) is 2.25. The molecule has 0 atom stereocenters. The molecule has 0 bridgehead atoms. The summed E-state index contributed by atoms with van der Waals surface area (Å²) in [5.74, 6) is 1.01. The summed E-state index contributed by atoms with van der Waals surface area (Å²) in [5, 5.41) is 8.61. The Morgan fingerprint density at radius 1 is 1.64 bits per heavy atom. The van der Waals surface area contributed by atoms with Crippen molar-refractivity contribution in [3.63, 3.8) is 0 Å². The molecule has 0 amide bonds. The first-order valence-electron chi connectivity index (χ1n) is 4.34. The number of anilines is 1. The van der Waals surface area contributed by atoms with Crippen LogP contribution in [-0.4, -0.2) is 36.3 Å². The minimum absolute atomic E-state index is 0.211. The van der Waals surface area contributed by atoms with Gasteiger partial charge in [-0.2, -0.15) is 5.26 Å². The average molecular weight is 190 g/mol. The van der Waals surface area contributed by atoms with E-state index in [-0.39, 0.29) is 11.9 Å². The summed E-state index contributed by atoms with van der Waals surface area (Å²) in [6.07, 6.45) is 1.89. The molecule has 1 fully saturated rings. The highest BCUT2D eigenvalue weighted by Crippen LogP contribution is 2.18. The van der Waals surface area contributed by atoms with Gasteiger partial charge >= 0.3 is 0 Å². The molecule has 2 rings (SSSR count). The smallest absolute Gasteiger partial charge is 0.234 e.